The standard InChI is InChI=1S/C9H9FO2.H3N/c1-2-7-3-5-8(6-4-7)9(11)12-10;/h3-6H,2H2,1H3;1H3. The van der Waals surface area contributed by atoms with Gasteiger partial charge in [-0.25, -0.2) is 9.74 Å². The lowest BCUT2D eigenvalue weighted by Crippen LogP contribution is -1.98. The van der Waals surface area contributed by atoms with Gasteiger partial charge in [0, 0.05) is 4.53 Å². The third kappa shape index (κ3) is 2.83. The fourth-order valence-electron chi connectivity index (χ4n) is 0.921. The summed E-state index contributed by atoms with van der Waals surface area (Å²) in [4.78, 5) is 13.7. The van der Waals surface area contributed by atoms with E-state index in [-0.39, 0.29) is 11.7 Å². The van der Waals surface area contributed by atoms with E-state index in [1.807, 2.05) is 6.92 Å². The summed E-state index contributed by atoms with van der Waals surface area (Å²) in [6.45, 7) is 2.00. The summed E-state index contributed by atoms with van der Waals surface area (Å²) in [6, 6.07) is 6.62. The van der Waals surface area contributed by atoms with Gasteiger partial charge in [-0.05, 0) is 24.1 Å². The van der Waals surface area contributed by atoms with E-state index in [1.54, 1.807) is 24.3 Å². The minimum atomic E-state index is -0.947. The average Bonchev–Trinajstić information content (AvgIpc) is 2.17. The highest BCUT2D eigenvalue weighted by molar-refractivity contribution is 5.88. The van der Waals surface area contributed by atoms with E-state index >= 15 is 0 Å². The van der Waals surface area contributed by atoms with Gasteiger partial charge in [-0.1, -0.05) is 19.1 Å². The molecule has 0 atom stereocenters. The van der Waals surface area contributed by atoms with Crippen molar-refractivity contribution < 1.29 is 14.3 Å². The fraction of sp³-hybridized carbons (Fsp3) is 0.222. The zero-order valence-electron chi connectivity index (χ0n) is 7.42. The Morgan fingerprint density at radius 2 is 1.92 bits per heavy atom. The zero-order chi connectivity index (χ0) is 8.97. The molecule has 4 heteroatoms. The maximum atomic E-state index is 11.4. The Balaban J connectivity index is 0.00000144. The second-order valence-electron chi connectivity index (χ2n) is 2.42. The Morgan fingerprint density at radius 1 is 1.38 bits per heavy atom. The highest BCUT2D eigenvalue weighted by Gasteiger charge is 2.05. The normalized spacial score (nSPS) is 8.77. The number of carbonyl (C=O) groups excluding carboxylic acids is 1. The minimum absolute atomic E-state index is 0. The summed E-state index contributed by atoms with van der Waals surface area (Å²) in [7, 11) is 0. The van der Waals surface area contributed by atoms with Crippen LogP contribution in [0.15, 0.2) is 24.3 Å². The van der Waals surface area contributed by atoms with Crippen molar-refractivity contribution >= 4 is 5.97 Å². The molecule has 1 aromatic carbocycles. The van der Waals surface area contributed by atoms with Crippen molar-refractivity contribution in [3.63, 3.8) is 0 Å². The molecule has 3 nitrogen and oxygen atoms in total. The first kappa shape index (κ1) is 11.6. The van der Waals surface area contributed by atoms with Gasteiger partial charge in [0.2, 0.25) is 0 Å². The van der Waals surface area contributed by atoms with Crippen LogP contribution >= 0.6 is 0 Å². The highest BCUT2D eigenvalue weighted by Crippen LogP contribution is 2.06. The highest BCUT2D eigenvalue weighted by atomic mass is 19.3. The van der Waals surface area contributed by atoms with Gasteiger partial charge in [-0.2, -0.15) is 0 Å². The van der Waals surface area contributed by atoms with Crippen LogP contribution in [-0.4, -0.2) is 5.97 Å². The summed E-state index contributed by atoms with van der Waals surface area (Å²) >= 11 is 0. The molecule has 1 aromatic rings. The van der Waals surface area contributed by atoms with Crippen LogP contribution in [0.2, 0.25) is 0 Å². The number of benzene rings is 1. The predicted molar refractivity (Wildman–Crippen MR) is 47.4 cm³/mol. The van der Waals surface area contributed by atoms with Gasteiger partial charge in [0.1, 0.15) is 0 Å². The summed E-state index contributed by atoms with van der Waals surface area (Å²) in [5.41, 5.74) is 1.33. The molecule has 0 aromatic heterocycles. The first-order chi connectivity index (χ1) is 5.77. The van der Waals surface area contributed by atoms with Crippen LogP contribution in [0.4, 0.5) is 4.53 Å². The molecular weight excluding hydrogens is 173 g/mol. The Bertz CT molecular complexity index is 271. The third-order valence-electron chi connectivity index (χ3n) is 1.67. The van der Waals surface area contributed by atoms with Crippen LogP contribution in [0.3, 0.4) is 0 Å². The predicted octanol–water partition coefficient (Wildman–Crippen LogP) is 2.45. The van der Waals surface area contributed by atoms with Crippen molar-refractivity contribution in [2.45, 2.75) is 13.3 Å². The number of aryl methyl sites for hydroxylation is 1. The molecule has 3 N–H and O–H groups in total. The molecule has 0 saturated carbocycles. The molecule has 0 radical (unpaired) electrons. The fourth-order valence-corrected chi connectivity index (χ4v) is 0.921. The Hall–Kier alpha value is -1.42. The zero-order valence-corrected chi connectivity index (χ0v) is 7.42. The average molecular weight is 185 g/mol. The number of hydrogen-bond acceptors (Lipinski definition) is 3. The Labute approximate surface area is 76.0 Å². The maximum absolute atomic E-state index is 11.4. The molecule has 13 heavy (non-hydrogen) atoms. The molecular formula is C9H12FNO2. The third-order valence-corrected chi connectivity index (χ3v) is 1.67. The van der Waals surface area contributed by atoms with E-state index in [4.69, 9.17) is 0 Å². The van der Waals surface area contributed by atoms with Gasteiger partial charge in [-0.15, -0.1) is 0 Å². The molecule has 1 rings (SSSR count). The molecule has 0 unspecified atom stereocenters. The summed E-state index contributed by atoms with van der Waals surface area (Å²) in [5, 5.41) is 0. The quantitative estimate of drug-likeness (QED) is 0.769. The van der Waals surface area contributed by atoms with Crippen molar-refractivity contribution in [2.75, 3.05) is 0 Å². The Kier molecular flexibility index (Phi) is 4.69. The first-order valence-electron chi connectivity index (χ1n) is 3.69. The van der Waals surface area contributed by atoms with Crippen molar-refractivity contribution in [1.82, 2.24) is 6.15 Å². The van der Waals surface area contributed by atoms with Gasteiger partial charge >= 0.3 is 5.97 Å². The summed E-state index contributed by atoms with van der Waals surface area (Å²) < 4.78 is 11.4. The Morgan fingerprint density at radius 3 is 2.31 bits per heavy atom. The molecule has 0 bridgehead atoms. The minimum Gasteiger partial charge on any atom is -0.344 e. The molecule has 0 amide bonds. The second-order valence-corrected chi connectivity index (χ2v) is 2.42. The summed E-state index contributed by atoms with van der Waals surface area (Å²) in [5.74, 6) is -0.947. The topological polar surface area (TPSA) is 61.3 Å². The van der Waals surface area contributed by atoms with Crippen LogP contribution in [0.1, 0.15) is 22.8 Å². The van der Waals surface area contributed by atoms with E-state index in [0.29, 0.717) is 0 Å². The monoisotopic (exact) mass is 185 g/mol. The van der Waals surface area contributed by atoms with E-state index in [9.17, 15) is 9.32 Å². The van der Waals surface area contributed by atoms with Gasteiger partial charge in [0.25, 0.3) is 0 Å². The van der Waals surface area contributed by atoms with Gasteiger partial charge < -0.3 is 6.15 Å². The van der Waals surface area contributed by atoms with Gasteiger partial charge in [0.15, 0.2) is 0 Å². The molecule has 0 aliphatic heterocycles. The molecule has 0 aliphatic rings. The molecule has 0 fully saturated rings. The number of hydrogen-bond donors (Lipinski definition) is 1. The largest absolute Gasteiger partial charge is 0.379 e. The number of rotatable bonds is 2. The number of halogens is 1. The second kappa shape index (κ2) is 5.27. The lowest BCUT2D eigenvalue weighted by atomic mass is 10.1. The molecule has 72 valence electrons. The lowest BCUT2D eigenvalue weighted by molar-refractivity contribution is -0.0788. The van der Waals surface area contributed by atoms with Crippen LogP contribution < -0.4 is 6.15 Å². The van der Waals surface area contributed by atoms with Crippen LogP contribution in [0.25, 0.3) is 0 Å². The SMILES string of the molecule is CCc1ccc(C(=O)OF)cc1.N. The maximum Gasteiger partial charge on any atom is 0.379 e. The first-order valence-corrected chi connectivity index (χ1v) is 3.69. The van der Waals surface area contributed by atoms with E-state index in [1.165, 1.54) is 0 Å². The van der Waals surface area contributed by atoms with Gasteiger partial charge in [0.05, 0.1) is 5.56 Å². The van der Waals surface area contributed by atoms with E-state index < -0.39 is 5.97 Å². The lowest BCUT2D eigenvalue weighted by Gasteiger charge is -1.97. The van der Waals surface area contributed by atoms with Crippen molar-refractivity contribution in [3.8, 4) is 0 Å². The molecule has 0 spiro atoms. The van der Waals surface area contributed by atoms with Crippen molar-refractivity contribution in [2.24, 2.45) is 0 Å². The van der Waals surface area contributed by atoms with Crippen molar-refractivity contribution in [1.29, 1.82) is 0 Å². The van der Waals surface area contributed by atoms with Crippen molar-refractivity contribution in [3.05, 3.63) is 35.4 Å². The van der Waals surface area contributed by atoms with Crippen LogP contribution in [0.5, 0.6) is 0 Å². The number of carbonyl (C=O) groups is 1. The van der Waals surface area contributed by atoms with E-state index in [2.05, 4.69) is 4.94 Å². The molecule has 0 saturated heterocycles. The summed E-state index contributed by atoms with van der Waals surface area (Å²) in [6.07, 6.45) is 0.894. The van der Waals surface area contributed by atoms with E-state index in [0.717, 1.165) is 12.0 Å². The van der Waals surface area contributed by atoms with Crippen LogP contribution in [0, 0.1) is 0 Å². The van der Waals surface area contributed by atoms with Gasteiger partial charge in [-0.3, -0.25) is 0 Å². The molecule has 0 aliphatic carbocycles. The smallest absolute Gasteiger partial charge is 0.344 e. The molecule has 0 heterocycles. The van der Waals surface area contributed by atoms with Crippen LogP contribution in [-0.2, 0) is 11.4 Å².